The second-order valence-corrected chi connectivity index (χ2v) is 6.70. The topological polar surface area (TPSA) is 119 Å². The lowest BCUT2D eigenvalue weighted by atomic mass is 10.1. The van der Waals surface area contributed by atoms with E-state index < -0.39 is 28.0 Å². The lowest BCUT2D eigenvalue weighted by molar-refractivity contribution is -0.143. The normalized spacial score (nSPS) is 12.4. The minimum atomic E-state index is -3.97. The number of ether oxygens (including phenoxy) is 2. The summed E-state index contributed by atoms with van der Waals surface area (Å²) < 4.78 is 36.2. The van der Waals surface area contributed by atoms with Gasteiger partial charge < -0.3 is 14.6 Å². The van der Waals surface area contributed by atoms with E-state index in [9.17, 15) is 18.0 Å². The van der Waals surface area contributed by atoms with Crippen LogP contribution in [-0.2, 0) is 24.3 Å². The summed E-state index contributed by atoms with van der Waals surface area (Å²) in [7, 11) is -2.74. The van der Waals surface area contributed by atoms with Crippen molar-refractivity contribution in [2.45, 2.75) is 37.1 Å². The summed E-state index contributed by atoms with van der Waals surface area (Å²) in [5, 5.41) is 9.11. The molecule has 0 fully saturated rings. The monoisotopic (exact) mass is 359 g/mol. The van der Waals surface area contributed by atoms with Gasteiger partial charge in [-0.1, -0.05) is 19.8 Å². The smallest absolute Gasteiger partial charge is 0.343 e. The fourth-order valence-electron chi connectivity index (χ4n) is 1.81. The highest BCUT2D eigenvalue weighted by molar-refractivity contribution is 7.89. The summed E-state index contributed by atoms with van der Waals surface area (Å²) in [4.78, 5) is 22.0. The number of carboxylic acids is 1. The zero-order chi connectivity index (χ0) is 18.2. The van der Waals surface area contributed by atoms with E-state index in [4.69, 9.17) is 9.84 Å². The molecule has 0 saturated heterocycles. The van der Waals surface area contributed by atoms with Crippen molar-refractivity contribution in [3.63, 3.8) is 0 Å². The van der Waals surface area contributed by atoms with E-state index in [0.29, 0.717) is 12.2 Å². The Bertz CT molecular complexity index is 655. The summed E-state index contributed by atoms with van der Waals surface area (Å²) in [5.74, 6) is -1.49. The molecule has 8 nitrogen and oxygen atoms in total. The predicted octanol–water partition coefficient (Wildman–Crippen LogP) is 1.16. The lowest BCUT2D eigenvalue weighted by Gasteiger charge is -2.14. The summed E-state index contributed by atoms with van der Waals surface area (Å²) in [5.41, 5.74) is 0. The number of carbonyl (C=O) groups excluding carboxylic acids is 1. The maximum absolute atomic E-state index is 12.2. The molecule has 0 unspecified atom stereocenters. The molecule has 0 bridgehead atoms. The Morgan fingerprint density at radius 2 is 1.88 bits per heavy atom. The maximum Gasteiger partial charge on any atom is 0.343 e. The first-order chi connectivity index (χ1) is 11.3. The van der Waals surface area contributed by atoms with Crippen molar-refractivity contribution in [3.05, 3.63) is 24.3 Å². The third-order valence-corrected chi connectivity index (χ3v) is 4.65. The summed E-state index contributed by atoms with van der Waals surface area (Å²) >= 11 is 0. The standard InChI is InChI=1S/C15H21NO7S/c1-3-4-5-13(15(18)19)16-24(20,21)12-8-6-11(7-9-12)23-10-14(17)22-2/h6-9,13,16H,3-5,10H2,1-2H3,(H,18,19)/t13-/m0/s1. The highest BCUT2D eigenvalue weighted by Gasteiger charge is 2.24. The summed E-state index contributed by atoms with van der Waals surface area (Å²) in [6.07, 6.45) is 1.57. The molecule has 0 spiro atoms. The van der Waals surface area contributed by atoms with Crippen molar-refractivity contribution in [2.24, 2.45) is 0 Å². The van der Waals surface area contributed by atoms with Crippen LogP contribution in [0.3, 0.4) is 0 Å². The molecule has 24 heavy (non-hydrogen) atoms. The first kappa shape index (κ1) is 19.9. The van der Waals surface area contributed by atoms with E-state index >= 15 is 0 Å². The number of hydrogen-bond acceptors (Lipinski definition) is 6. The van der Waals surface area contributed by atoms with Crippen LogP contribution in [0.5, 0.6) is 5.75 Å². The van der Waals surface area contributed by atoms with Gasteiger partial charge in [-0.25, -0.2) is 13.2 Å². The van der Waals surface area contributed by atoms with E-state index in [-0.39, 0.29) is 17.9 Å². The molecular formula is C15H21NO7S. The molecule has 134 valence electrons. The zero-order valence-corrected chi connectivity index (χ0v) is 14.3. The number of hydrogen-bond donors (Lipinski definition) is 2. The van der Waals surface area contributed by atoms with Crippen LogP contribution < -0.4 is 9.46 Å². The van der Waals surface area contributed by atoms with Crippen LogP contribution in [0.4, 0.5) is 0 Å². The number of rotatable bonds is 10. The highest BCUT2D eigenvalue weighted by Crippen LogP contribution is 2.17. The van der Waals surface area contributed by atoms with Crippen molar-refractivity contribution in [3.8, 4) is 5.75 Å². The molecule has 0 aliphatic heterocycles. The summed E-state index contributed by atoms with van der Waals surface area (Å²) in [6, 6.07) is 4.12. The number of carbonyl (C=O) groups is 2. The Balaban J connectivity index is 2.79. The van der Waals surface area contributed by atoms with E-state index in [2.05, 4.69) is 9.46 Å². The van der Waals surface area contributed by atoms with Gasteiger partial charge in [-0.3, -0.25) is 4.79 Å². The molecule has 0 heterocycles. The first-order valence-corrected chi connectivity index (χ1v) is 8.83. The van der Waals surface area contributed by atoms with E-state index in [1.807, 2.05) is 6.92 Å². The number of esters is 1. The van der Waals surface area contributed by atoms with Crippen LogP contribution in [0.2, 0.25) is 0 Å². The van der Waals surface area contributed by atoms with Crippen LogP contribution >= 0.6 is 0 Å². The molecule has 0 radical (unpaired) electrons. The van der Waals surface area contributed by atoms with Crippen LogP contribution in [0.15, 0.2) is 29.2 Å². The Morgan fingerprint density at radius 3 is 2.38 bits per heavy atom. The third-order valence-electron chi connectivity index (χ3n) is 3.16. The van der Waals surface area contributed by atoms with Gasteiger partial charge in [0.1, 0.15) is 11.8 Å². The second-order valence-electron chi connectivity index (χ2n) is 4.99. The Morgan fingerprint density at radius 1 is 1.25 bits per heavy atom. The highest BCUT2D eigenvalue weighted by atomic mass is 32.2. The molecule has 0 aliphatic carbocycles. The van der Waals surface area contributed by atoms with Crippen molar-refractivity contribution in [1.82, 2.24) is 4.72 Å². The third kappa shape index (κ3) is 6.17. The average Bonchev–Trinajstić information content (AvgIpc) is 2.56. The molecule has 2 N–H and O–H groups in total. The fraction of sp³-hybridized carbons (Fsp3) is 0.467. The van der Waals surface area contributed by atoms with Gasteiger partial charge >= 0.3 is 11.9 Å². The minimum absolute atomic E-state index is 0.0873. The predicted molar refractivity (Wildman–Crippen MR) is 85.2 cm³/mol. The van der Waals surface area contributed by atoms with Crippen LogP contribution in [-0.4, -0.2) is 45.2 Å². The molecule has 1 aromatic carbocycles. The van der Waals surface area contributed by atoms with Gasteiger partial charge in [0.25, 0.3) is 0 Å². The molecule has 9 heteroatoms. The second kappa shape index (κ2) is 9.24. The molecule has 0 saturated carbocycles. The molecular weight excluding hydrogens is 338 g/mol. The van der Waals surface area contributed by atoms with Crippen LogP contribution in [0.25, 0.3) is 0 Å². The van der Waals surface area contributed by atoms with Crippen molar-refractivity contribution >= 4 is 22.0 Å². The van der Waals surface area contributed by atoms with Crippen molar-refractivity contribution in [2.75, 3.05) is 13.7 Å². The average molecular weight is 359 g/mol. The van der Waals surface area contributed by atoms with Crippen molar-refractivity contribution < 1.29 is 32.6 Å². The Hall–Kier alpha value is -2.13. The van der Waals surface area contributed by atoms with E-state index in [0.717, 1.165) is 6.42 Å². The molecule has 0 aliphatic rings. The van der Waals surface area contributed by atoms with Crippen LogP contribution in [0, 0.1) is 0 Å². The molecule has 1 atom stereocenters. The Kier molecular flexibility index (Phi) is 7.66. The molecule has 0 amide bonds. The first-order valence-electron chi connectivity index (χ1n) is 7.35. The number of benzene rings is 1. The van der Waals surface area contributed by atoms with Gasteiger partial charge in [0, 0.05) is 0 Å². The largest absolute Gasteiger partial charge is 0.482 e. The van der Waals surface area contributed by atoms with Gasteiger partial charge in [-0.15, -0.1) is 0 Å². The van der Waals surface area contributed by atoms with Crippen molar-refractivity contribution in [1.29, 1.82) is 0 Å². The number of aliphatic carboxylic acids is 1. The van der Waals surface area contributed by atoms with Gasteiger partial charge in [0.15, 0.2) is 6.61 Å². The van der Waals surface area contributed by atoms with Gasteiger partial charge in [0.05, 0.1) is 12.0 Å². The zero-order valence-electron chi connectivity index (χ0n) is 13.5. The van der Waals surface area contributed by atoms with Gasteiger partial charge in [0.2, 0.25) is 10.0 Å². The minimum Gasteiger partial charge on any atom is -0.482 e. The van der Waals surface area contributed by atoms with E-state index in [1.165, 1.54) is 31.4 Å². The van der Waals surface area contributed by atoms with E-state index in [1.54, 1.807) is 0 Å². The fourth-order valence-corrected chi connectivity index (χ4v) is 3.04. The van der Waals surface area contributed by atoms with Crippen LogP contribution in [0.1, 0.15) is 26.2 Å². The van der Waals surface area contributed by atoms with Gasteiger partial charge in [-0.05, 0) is 30.7 Å². The van der Waals surface area contributed by atoms with Gasteiger partial charge in [-0.2, -0.15) is 4.72 Å². The molecule has 1 aromatic rings. The number of nitrogens with one attached hydrogen (secondary N) is 1. The maximum atomic E-state index is 12.2. The number of methoxy groups -OCH3 is 1. The number of unbranched alkanes of at least 4 members (excludes halogenated alkanes) is 1. The number of carboxylic acid groups (broad SMARTS) is 1. The molecule has 0 aromatic heterocycles. The quantitative estimate of drug-likeness (QED) is 0.602. The number of sulfonamides is 1. The SMILES string of the molecule is CCCC[C@H](NS(=O)(=O)c1ccc(OCC(=O)OC)cc1)C(=O)O. The molecule has 1 rings (SSSR count). The Labute approximate surface area is 140 Å². The lowest BCUT2D eigenvalue weighted by Crippen LogP contribution is -2.40. The summed E-state index contributed by atoms with van der Waals surface area (Å²) in [6.45, 7) is 1.60.